The fraction of sp³-hybridized carbons (Fsp3) is 0.273. The first kappa shape index (κ1) is 19.5. The van der Waals surface area contributed by atoms with Crippen molar-refractivity contribution in [2.24, 2.45) is 5.92 Å². The Balaban J connectivity index is 1.46. The third kappa shape index (κ3) is 5.13. The Kier molecular flexibility index (Phi) is 6.32. The van der Waals surface area contributed by atoms with Gasteiger partial charge in [0.2, 0.25) is 0 Å². The molecule has 146 valence electrons. The van der Waals surface area contributed by atoms with Crippen LogP contribution >= 0.6 is 0 Å². The van der Waals surface area contributed by atoms with Crippen molar-refractivity contribution in [3.8, 4) is 0 Å². The molecule has 0 spiro atoms. The lowest BCUT2D eigenvalue weighted by Gasteiger charge is -2.10. The zero-order valence-corrected chi connectivity index (χ0v) is 16.2. The van der Waals surface area contributed by atoms with Crippen molar-refractivity contribution < 1.29 is 9.59 Å². The van der Waals surface area contributed by atoms with E-state index in [9.17, 15) is 9.59 Å². The number of fused-ring (bicyclic) bond motifs is 1. The van der Waals surface area contributed by atoms with E-state index < -0.39 is 0 Å². The summed E-state index contributed by atoms with van der Waals surface area (Å²) >= 11 is 0. The summed E-state index contributed by atoms with van der Waals surface area (Å²) in [6.45, 7) is 6.05. The molecule has 3 amide bonds. The zero-order chi connectivity index (χ0) is 19.9. The van der Waals surface area contributed by atoms with Crippen LogP contribution < -0.4 is 16.0 Å². The topological polar surface area (TPSA) is 75.2 Å². The lowest BCUT2D eigenvalue weighted by Crippen LogP contribution is -2.36. The van der Waals surface area contributed by atoms with Crippen LogP contribution in [0.15, 0.2) is 60.8 Å². The molecule has 0 bridgehead atoms. The standard InChI is InChI=1S/C22H26N4O2/c1-16(2)15-26-13-10-18-14-19(8-9-20(18)26)25-22(28)24-12-11-23-21(27)17-6-4-3-5-7-17/h3-10,13-14,16H,11-12,15H2,1-2H3,(H,23,27)(H2,24,25,28). The summed E-state index contributed by atoms with van der Waals surface area (Å²) < 4.78 is 2.22. The fourth-order valence-electron chi connectivity index (χ4n) is 3.05. The molecular weight excluding hydrogens is 352 g/mol. The number of benzene rings is 2. The smallest absolute Gasteiger partial charge is 0.319 e. The van der Waals surface area contributed by atoms with Crippen molar-refractivity contribution in [2.75, 3.05) is 18.4 Å². The highest BCUT2D eigenvalue weighted by Gasteiger charge is 2.07. The maximum atomic E-state index is 12.1. The SMILES string of the molecule is CC(C)Cn1ccc2cc(NC(=O)NCCNC(=O)c3ccccc3)ccc21. The second-order valence-electron chi connectivity index (χ2n) is 7.14. The molecule has 6 nitrogen and oxygen atoms in total. The van der Waals surface area contributed by atoms with Crippen LogP contribution in [-0.4, -0.2) is 29.6 Å². The Morgan fingerprint density at radius 3 is 2.46 bits per heavy atom. The van der Waals surface area contributed by atoms with Gasteiger partial charge < -0.3 is 20.5 Å². The van der Waals surface area contributed by atoms with E-state index in [4.69, 9.17) is 0 Å². The van der Waals surface area contributed by atoms with E-state index in [0.29, 0.717) is 24.6 Å². The van der Waals surface area contributed by atoms with E-state index >= 15 is 0 Å². The second kappa shape index (κ2) is 9.08. The van der Waals surface area contributed by atoms with Gasteiger partial charge in [-0.05, 0) is 42.3 Å². The highest BCUT2D eigenvalue weighted by molar-refractivity contribution is 5.94. The molecule has 0 unspecified atom stereocenters. The summed E-state index contributed by atoms with van der Waals surface area (Å²) in [6, 6.07) is 16.6. The predicted octanol–water partition coefficient (Wildman–Crippen LogP) is 3.85. The highest BCUT2D eigenvalue weighted by Crippen LogP contribution is 2.21. The van der Waals surface area contributed by atoms with Gasteiger partial charge >= 0.3 is 6.03 Å². The van der Waals surface area contributed by atoms with Crippen LogP contribution in [0.4, 0.5) is 10.5 Å². The number of carbonyl (C=O) groups is 2. The quantitative estimate of drug-likeness (QED) is 0.546. The number of aromatic nitrogens is 1. The number of nitrogens with zero attached hydrogens (tertiary/aromatic N) is 1. The average Bonchev–Trinajstić information content (AvgIpc) is 3.07. The minimum Gasteiger partial charge on any atom is -0.350 e. The third-order valence-corrected chi connectivity index (χ3v) is 4.32. The molecule has 0 aliphatic carbocycles. The number of nitrogens with one attached hydrogen (secondary N) is 3. The molecule has 2 aromatic carbocycles. The van der Waals surface area contributed by atoms with Gasteiger partial charge in [0.25, 0.3) is 5.91 Å². The molecule has 3 N–H and O–H groups in total. The summed E-state index contributed by atoms with van der Waals surface area (Å²) in [6.07, 6.45) is 2.07. The predicted molar refractivity (Wildman–Crippen MR) is 113 cm³/mol. The third-order valence-electron chi connectivity index (χ3n) is 4.32. The van der Waals surface area contributed by atoms with E-state index in [1.165, 1.54) is 0 Å². The lowest BCUT2D eigenvalue weighted by molar-refractivity contribution is 0.0954. The van der Waals surface area contributed by atoms with Crippen LogP contribution in [0.2, 0.25) is 0 Å². The van der Waals surface area contributed by atoms with Crippen molar-refractivity contribution in [1.82, 2.24) is 15.2 Å². The van der Waals surface area contributed by atoms with Gasteiger partial charge in [-0.25, -0.2) is 4.79 Å². The van der Waals surface area contributed by atoms with E-state index in [2.05, 4.69) is 46.6 Å². The lowest BCUT2D eigenvalue weighted by atomic mass is 10.2. The fourth-order valence-corrected chi connectivity index (χ4v) is 3.05. The highest BCUT2D eigenvalue weighted by atomic mass is 16.2. The molecule has 0 aliphatic heterocycles. The summed E-state index contributed by atoms with van der Waals surface area (Å²) in [5, 5.41) is 9.45. The van der Waals surface area contributed by atoms with Gasteiger partial charge in [-0.2, -0.15) is 0 Å². The normalized spacial score (nSPS) is 10.8. The molecule has 0 radical (unpaired) electrons. The molecular formula is C22H26N4O2. The Morgan fingerprint density at radius 1 is 0.964 bits per heavy atom. The maximum Gasteiger partial charge on any atom is 0.319 e. The minimum absolute atomic E-state index is 0.154. The van der Waals surface area contributed by atoms with Gasteiger partial charge in [0.15, 0.2) is 0 Å². The molecule has 1 heterocycles. The van der Waals surface area contributed by atoms with Gasteiger partial charge in [0, 0.05) is 48.0 Å². The molecule has 0 atom stereocenters. The number of urea groups is 1. The largest absolute Gasteiger partial charge is 0.350 e. The van der Waals surface area contributed by atoms with Crippen molar-refractivity contribution in [3.05, 3.63) is 66.4 Å². The van der Waals surface area contributed by atoms with Crippen LogP contribution in [-0.2, 0) is 6.54 Å². The van der Waals surface area contributed by atoms with E-state index in [0.717, 1.165) is 23.1 Å². The number of amides is 3. The first-order valence-electron chi connectivity index (χ1n) is 9.50. The molecule has 0 saturated heterocycles. The summed E-state index contributed by atoms with van der Waals surface area (Å²) in [7, 11) is 0. The number of rotatable bonds is 7. The van der Waals surface area contributed by atoms with Gasteiger partial charge in [0.1, 0.15) is 0 Å². The molecule has 3 aromatic rings. The molecule has 0 aliphatic rings. The summed E-state index contributed by atoms with van der Waals surface area (Å²) in [5.74, 6) is 0.417. The molecule has 1 aromatic heterocycles. The number of anilines is 1. The second-order valence-corrected chi connectivity index (χ2v) is 7.14. The first-order chi connectivity index (χ1) is 13.5. The van der Waals surface area contributed by atoms with Gasteiger partial charge in [-0.15, -0.1) is 0 Å². The Morgan fingerprint density at radius 2 is 1.71 bits per heavy atom. The van der Waals surface area contributed by atoms with Crippen LogP contribution in [0.3, 0.4) is 0 Å². The van der Waals surface area contributed by atoms with Crippen LogP contribution in [0, 0.1) is 5.92 Å². The molecule has 28 heavy (non-hydrogen) atoms. The Bertz CT molecular complexity index is 948. The van der Waals surface area contributed by atoms with Crippen molar-refractivity contribution in [2.45, 2.75) is 20.4 Å². The van der Waals surface area contributed by atoms with Crippen LogP contribution in [0.25, 0.3) is 10.9 Å². The van der Waals surface area contributed by atoms with E-state index in [1.807, 2.05) is 36.4 Å². The van der Waals surface area contributed by atoms with Crippen molar-refractivity contribution in [3.63, 3.8) is 0 Å². The van der Waals surface area contributed by atoms with Gasteiger partial charge in [-0.3, -0.25) is 4.79 Å². The summed E-state index contributed by atoms with van der Waals surface area (Å²) in [5.41, 5.74) is 2.49. The number of hydrogen-bond acceptors (Lipinski definition) is 2. The summed E-state index contributed by atoms with van der Waals surface area (Å²) in [4.78, 5) is 24.0. The van der Waals surface area contributed by atoms with Crippen LogP contribution in [0.5, 0.6) is 0 Å². The van der Waals surface area contributed by atoms with E-state index in [1.54, 1.807) is 12.1 Å². The van der Waals surface area contributed by atoms with E-state index in [-0.39, 0.29) is 11.9 Å². The van der Waals surface area contributed by atoms with Crippen LogP contribution in [0.1, 0.15) is 24.2 Å². The minimum atomic E-state index is -0.296. The number of carbonyl (C=O) groups excluding carboxylic acids is 2. The molecule has 3 rings (SSSR count). The molecule has 0 saturated carbocycles. The number of hydrogen-bond donors (Lipinski definition) is 3. The molecule has 0 fully saturated rings. The average molecular weight is 378 g/mol. The van der Waals surface area contributed by atoms with Gasteiger partial charge in [0.05, 0.1) is 0 Å². The van der Waals surface area contributed by atoms with Crippen molar-refractivity contribution >= 4 is 28.5 Å². The first-order valence-corrected chi connectivity index (χ1v) is 9.50. The van der Waals surface area contributed by atoms with Crippen molar-refractivity contribution in [1.29, 1.82) is 0 Å². The maximum absolute atomic E-state index is 12.1. The Labute approximate surface area is 164 Å². The van der Waals surface area contributed by atoms with Gasteiger partial charge in [-0.1, -0.05) is 32.0 Å². The monoisotopic (exact) mass is 378 g/mol. The zero-order valence-electron chi connectivity index (χ0n) is 16.2. The molecule has 6 heteroatoms. The Hall–Kier alpha value is -3.28.